The minimum atomic E-state index is -4.43. The van der Waals surface area contributed by atoms with Crippen LogP contribution in [0.5, 0.6) is 0 Å². The van der Waals surface area contributed by atoms with E-state index in [1.54, 1.807) is 13.0 Å². The van der Waals surface area contributed by atoms with Gasteiger partial charge in [-0.1, -0.05) is 0 Å². The van der Waals surface area contributed by atoms with Gasteiger partial charge in [-0.05, 0) is 50.7 Å². The molecular formula is C16H21F3N4O. The van der Waals surface area contributed by atoms with Crippen LogP contribution in [-0.4, -0.2) is 52.9 Å². The summed E-state index contributed by atoms with van der Waals surface area (Å²) in [6.45, 7) is 2.20. The minimum absolute atomic E-state index is 0.0327. The standard InChI is InChI=1S/C16H21F3N4O/c1-11(12-4-5-12)23(10-16(17,18)19)15(24)13-6-7-14(21-20-13)22-8-2-3-9-22/h6-7,11-12H,2-5,8-10H2,1H3. The number of hydrogen-bond donors (Lipinski definition) is 0. The van der Waals surface area contributed by atoms with Gasteiger partial charge in [0.25, 0.3) is 5.91 Å². The Labute approximate surface area is 138 Å². The van der Waals surface area contributed by atoms with Gasteiger partial charge in [0.05, 0.1) is 0 Å². The van der Waals surface area contributed by atoms with Gasteiger partial charge in [-0.2, -0.15) is 13.2 Å². The minimum Gasteiger partial charge on any atom is -0.355 e. The molecule has 0 radical (unpaired) electrons. The van der Waals surface area contributed by atoms with Gasteiger partial charge in [-0.25, -0.2) is 0 Å². The van der Waals surface area contributed by atoms with Gasteiger partial charge in [-0.15, -0.1) is 10.2 Å². The van der Waals surface area contributed by atoms with E-state index < -0.39 is 24.7 Å². The number of alkyl halides is 3. The van der Waals surface area contributed by atoms with Gasteiger partial charge < -0.3 is 9.80 Å². The lowest BCUT2D eigenvalue weighted by Crippen LogP contribution is -2.45. The van der Waals surface area contributed by atoms with Crippen LogP contribution in [0.25, 0.3) is 0 Å². The van der Waals surface area contributed by atoms with Crippen molar-refractivity contribution < 1.29 is 18.0 Å². The molecule has 1 saturated carbocycles. The Balaban J connectivity index is 1.75. The van der Waals surface area contributed by atoms with Gasteiger partial charge in [0.1, 0.15) is 6.54 Å². The lowest BCUT2D eigenvalue weighted by molar-refractivity contribution is -0.144. The third-order valence-corrected chi connectivity index (χ3v) is 4.71. The smallest absolute Gasteiger partial charge is 0.355 e. The second kappa shape index (κ2) is 6.57. The van der Waals surface area contributed by atoms with E-state index in [4.69, 9.17) is 0 Å². The normalized spacial score (nSPS) is 19.4. The number of rotatable bonds is 5. The molecule has 1 aliphatic heterocycles. The third-order valence-electron chi connectivity index (χ3n) is 4.71. The molecule has 2 heterocycles. The van der Waals surface area contributed by atoms with Gasteiger partial charge in [-0.3, -0.25) is 4.79 Å². The number of aromatic nitrogens is 2. The Morgan fingerprint density at radius 1 is 1.29 bits per heavy atom. The molecule has 1 amide bonds. The van der Waals surface area contributed by atoms with Crippen LogP contribution in [0, 0.1) is 5.92 Å². The fourth-order valence-electron chi connectivity index (χ4n) is 3.13. The molecule has 8 heteroatoms. The zero-order valence-electron chi connectivity index (χ0n) is 13.6. The summed E-state index contributed by atoms with van der Waals surface area (Å²) in [5.41, 5.74) is -0.0327. The van der Waals surface area contributed by atoms with Crippen LogP contribution in [0.2, 0.25) is 0 Å². The van der Waals surface area contributed by atoms with E-state index >= 15 is 0 Å². The van der Waals surface area contributed by atoms with Crippen molar-refractivity contribution in [1.29, 1.82) is 0 Å². The van der Waals surface area contributed by atoms with Crippen molar-refractivity contribution in [2.45, 2.75) is 44.8 Å². The molecule has 1 saturated heterocycles. The number of nitrogens with zero attached hydrogens (tertiary/aromatic N) is 4. The quantitative estimate of drug-likeness (QED) is 0.826. The average Bonchev–Trinajstić information content (AvgIpc) is 3.25. The topological polar surface area (TPSA) is 49.3 Å². The molecule has 0 bridgehead atoms. The van der Waals surface area contributed by atoms with Gasteiger partial charge in [0.2, 0.25) is 0 Å². The van der Waals surface area contributed by atoms with Gasteiger partial charge in [0.15, 0.2) is 11.5 Å². The van der Waals surface area contributed by atoms with Crippen molar-refractivity contribution in [2.24, 2.45) is 5.92 Å². The Morgan fingerprint density at radius 2 is 1.96 bits per heavy atom. The Bertz CT molecular complexity index is 580. The zero-order chi connectivity index (χ0) is 17.3. The van der Waals surface area contributed by atoms with E-state index in [-0.39, 0.29) is 11.6 Å². The first-order valence-electron chi connectivity index (χ1n) is 8.31. The molecule has 5 nitrogen and oxygen atoms in total. The maximum Gasteiger partial charge on any atom is 0.406 e. The van der Waals surface area contributed by atoms with Gasteiger partial charge >= 0.3 is 6.18 Å². The van der Waals surface area contributed by atoms with Crippen LogP contribution >= 0.6 is 0 Å². The van der Waals surface area contributed by atoms with E-state index in [0.29, 0.717) is 5.82 Å². The summed E-state index contributed by atoms with van der Waals surface area (Å²) in [5, 5.41) is 7.91. The lowest BCUT2D eigenvalue weighted by atomic mass is 10.1. The number of anilines is 1. The van der Waals surface area contributed by atoms with Crippen LogP contribution in [0.1, 0.15) is 43.1 Å². The van der Waals surface area contributed by atoms with E-state index in [0.717, 1.165) is 43.7 Å². The first kappa shape index (κ1) is 17.0. The Kier molecular flexibility index (Phi) is 4.64. The highest BCUT2D eigenvalue weighted by atomic mass is 19.4. The monoisotopic (exact) mass is 342 g/mol. The summed E-state index contributed by atoms with van der Waals surface area (Å²) in [7, 11) is 0. The predicted molar refractivity (Wildman–Crippen MR) is 82.8 cm³/mol. The number of carbonyl (C=O) groups excluding carboxylic acids is 1. The molecule has 132 valence electrons. The highest BCUT2D eigenvalue weighted by Gasteiger charge is 2.41. The second-order valence-corrected chi connectivity index (χ2v) is 6.60. The average molecular weight is 342 g/mol. The molecule has 0 aromatic carbocycles. The number of carbonyl (C=O) groups is 1. The molecule has 2 fully saturated rings. The summed E-state index contributed by atoms with van der Waals surface area (Å²) in [6.07, 6.45) is -0.534. The van der Waals surface area contributed by atoms with Crippen molar-refractivity contribution in [3.8, 4) is 0 Å². The van der Waals surface area contributed by atoms with E-state index in [9.17, 15) is 18.0 Å². The number of halogens is 3. The van der Waals surface area contributed by atoms with Crippen molar-refractivity contribution in [3.05, 3.63) is 17.8 Å². The third kappa shape index (κ3) is 3.96. The predicted octanol–water partition coefficient (Wildman–Crippen LogP) is 2.88. The Hall–Kier alpha value is -1.86. The first-order chi connectivity index (χ1) is 11.3. The molecule has 1 atom stereocenters. The molecule has 1 aromatic rings. The summed E-state index contributed by atoms with van der Waals surface area (Å²) in [5.74, 6) is 0.113. The van der Waals surface area contributed by atoms with Crippen LogP contribution in [0.4, 0.5) is 19.0 Å². The molecule has 24 heavy (non-hydrogen) atoms. The highest BCUT2D eigenvalue weighted by molar-refractivity contribution is 5.92. The fourth-order valence-corrected chi connectivity index (χ4v) is 3.13. The summed E-state index contributed by atoms with van der Waals surface area (Å²) in [4.78, 5) is 15.5. The highest BCUT2D eigenvalue weighted by Crippen LogP contribution is 2.36. The largest absolute Gasteiger partial charge is 0.406 e. The summed E-state index contributed by atoms with van der Waals surface area (Å²) in [6, 6.07) is 2.70. The van der Waals surface area contributed by atoms with Crippen molar-refractivity contribution in [3.63, 3.8) is 0 Å². The molecule has 1 aromatic heterocycles. The molecule has 2 aliphatic rings. The van der Waals surface area contributed by atoms with E-state index in [1.807, 2.05) is 0 Å². The number of hydrogen-bond acceptors (Lipinski definition) is 4. The van der Waals surface area contributed by atoms with Crippen LogP contribution in [0.15, 0.2) is 12.1 Å². The van der Waals surface area contributed by atoms with E-state index in [2.05, 4.69) is 15.1 Å². The van der Waals surface area contributed by atoms with E-state index in [1.165, 1.54) is 6.07 Å². The summed E-state index contributed by atoms with van der Waals surface area (Å²) < 4.78 is 38.6. The maximum atomic E-state index is 12.9. The number of amides is 1. The molecule has 0 spiro atoms. The van der Waals surface area contributed by atoms with Crippen LogP contribution in [-0.2, 0) is 0 Å². The first-order valence-corrected chi connectivity index (χ1v) is 8.31. The fraction of sp³-hybridized carbons (Fsp3) is 0.688. The molecule has 1 unspecified atom stereocenters. The molecule has 3 rings (SSSR count). The van der Waals surface area contributed by atoms with Crippen molar-refractivity contribution in [1.82, 2.24) is 15.1 Å². The Morgan fingerprint density at radius 3 is 2.46 bits per heavy atom. The van der Waals surface area contributed by atoms with Crippen LogP contribution in [0.3, 0.4) is 0 Å². The second-order valence-electron chi connectivity index (χ2n) is 6.60. The van der Waals surface area contributed by atoms with Crippen molar-refractivity contribution >= 4 is 11.7 Å². The molecule has 1 aliphatic carbocycles. The molecule has 0 N–H and O–H groups in total. The van der Waals surface area contributed by atoms with Gasteiger partial charge in [0, 0.05) is 19.1 Å². The lowest BCUT2D eigenvalue weighted by Gasteiger charge is -2.30. The van der Waals surface area contributed by atoms with Crippen molar-refractivity contribution in [2.75, 3.05) is 24.5 Å². The zero-order valence-corrected chi connectivity index (χ0v) is 13.6. The SMILES string of the molecule is CC(C1CC1)N(CC(F)(F)F)C(=O)c1ccc(N2CCCC2)nn1. The maximum absolute atomic E-state index is 12.9. The summed E-state index contributed by atoms with van der Waals surface area (Å²) >= 11 is 0. The van der Waals surface area contributed by atoms with Crippen LogP contribution < -0.4 is 4.90 Å². The molecular weight excluding hydrogens is 321 g/mol.